The highest BCUT2D eigenvalue weighted by Crippen LogP contribution is 2.36. The third kappa shape index (κ3) is 4.63. The predicted molar refractivity (Wildman–Crippen MR) is 150 cm³/mol. The van der Waals surface area contributed by atoms with Crippen LogP contribution in [0.25, 0.3) is 32.7 Å². The lowest BCUT2D eigenvalue weighted by molar-refractivity contribution is 0.0725. The van der Waals surface area contributed by atoms with Gasteiger partial charge in [-0.3, -0.25) is 0 Å². The lowest BCUT2D eigenvalue weighted by Gasteiger charge is -2.15. The van der Waals surface area contributed by atoms with Gasteiger partial charge in [-0.1, -0.05) is 84.9 Å². The number of rotatable bonds is 5. The predicted octanol–water partition coefficient (Wildman–Crippen LogP) is 8.10. The summed E-state index contributed by atoms with van der Waals surface area (Å²) in [7, 11) is 0. The molecule has 0 amide bonds. The van der Waals surface area contributed by atoms with Crippen molar-refractivity contribution in [1.82, 2.24) is 0 Å². The number of ether oxygens (including phenoxy) is 2. The molecule has 0 fully saturated rings. The van der Waals surface area contributed by atoms with Crippen molar-refractivity contribution in [2.45, 2.75) is 0 Å². The first-order chi connectivity index (χ1) is 18.7. The van der Waals surface area contributed by atoms with E-state index in [0.717, 1.165) is 32.7 Å². The van der Waals surface area contributed by atoms with Crippen LogP contribution in [0.2, 0.25) is 0 Å². The van der Waals surface area contributed by atoms with Gasteiger partial charge in [-0.05, 0) is 81.2 Å². The molecule has 0 bridgehead atoms. The molecule has 0 aliphatic heterocycles. The Morgan fingerprint density at radius 3 is 1.21 bits per heavy atom. The minimum Gasteiger partial charge on any atom is -0.423 e. The molecule has 0 atom stereocenters. The number of para-hydroxylation sites is 2. The highest BCUT2D eigenvalue weighted by Gasteiger charge is 2.18. The molecule has 0 aliphatic carbocycles. The summed E-state index contributed by atoms with van der Waals surface area (Å²) in [6.45, 7) is 0. The normalized spacial score (nSPS) is 10.8. The molecule has 0 heterocycles. The molecule has 6 aromatic rings. The van der Waals surface area contributed by atoms with Gasteiger partial charge in [-0.25, -0.2) is 9.59 Å². The molecule has 4 heteroatoms. The maximum Gasteiger partial charge on any atom is 0.343 e. The third-order valence-corrected chi connectivity index (χ3v) is 6.39. The quantitative estimate of drug-likeness (QED) is 0.179. The van der Waals surface area contributed by atoms with Crippen molar-refractivity contribution in [1.29, 1.82) is 0 Å². The number of esters is 2. The molecule has 0 aliphatic rings. The van der Waals surface area contributed by atoms with Gasteiger partial charge in [0.1, 0.15) is 11.5 Å². The average Bonchev–Trinajstić information content (AvgIpc) is 2.97. The second-order valence-corrected chi connectivity index (χ2v) is 8.90. The SMILES string of the molecule is O=C(Oc1ccccc1)c1cc(-c2cc(C(=O)Oc3ccccc3)cc3ccccc23)c2ccccc2c1. The van der Waals surface area contributed by atoms with Crippen molar-refractivity contribution in [3.63, 3.8) is 0 Å². The fraction of sp³-hybridized carbons (Fsp3) is 0. The van der Waals surface area contributed by atoms with Gasteiger partial charge in [0, 0.05) is 0 Å². The monoisotopic (exact) mass is 494 g/mol. The summed E-state index contributed by atoms with van der Waals surface area (Å²) < 4.78 is 11.3. The second kappa shape index (κ2) is 10.0. The molecule has 0 aromatic heterocycles. The van der Waals surface area contributed by atoms with E-state index in [1.54, 1.807) is 24.3 Å². The summed E-state index contributed by atoms with van der Waals surface area (Å²) >= 11 is 0. The van der Waals surface area contributed by atoms with E-state index >= 15 is 0 Å². The van der Waals surface area contributed by atoms with Crippen molar-refractivity contribution >= 4 is 33.5 Å². The Hall–Kier alpha value is -5.22. The molecule has 0 unspecified atom stereocenters. The van der Waals surface area contributed by atoms with Gasteiger partial charge in [-0.2, -0.15) is 0 Å². The molecule has 0 radical (unpaired) electrons. The Labute approximate surface area is 219 Å². The molecule has 0 saturated carbocycles. The van der Waals surface area contributed by atoms with Gasteiger partial charge in [0.2, 0.25) is 0 Å². The van der Waals surface area contributed by atoms with Crippen LogP contribution in [0.15, 0.2) is 133 Å². The van der Waals surface area contributed by atoms with E-state index in [2.05, 4.69) is 0 Å². The number of fused-ring (bicyclic) bond motifs is 2. The smallest absolute Gasteiger partial charge is 0.343 e. The summed E-state index contributed by atoms with van der Waals surface area (Å²) in [6, 6.07) is 41.1. The fourth-order valence-electron chi connectivity index (χ4n) is 4.61. The van der Waals surface area contributed by atoms with Gasteiger partial charge < -0.3 is 9.47 Å². The summed E-state index contributed by atoms with van der Waals surface area (Å²) in [4.78, 5) is 26.4. The van der Waals surface area contributed by atoms with Crippen molar-refractivity contribution in [2.24, 2.45) is 0 Å². The number of hydrogen-bond acceptors (Lipinski definition) is 4. The van der Waals surface area contributed by atoms with Gasteiger partial charge in [0.15, 0.2) is 0 Å². The number of benzene rings is 6. The molecule has 4 nitrogen and oxygen atoms in total. The second-order valence-electron chi connectivity index (χ2n) is 8.90. The number of carbonyl (C=O) groups is 2. The average molecular weight is 495 g/mol. The Morgan fingerprint density at radius 2 is 0.789 bits per heavy atom. The number of carbonyl (C=O) groups excluding carboxylic acids is 2. The minimum absolute atomic E-state index is 0.420. The van der Waals surface area contributed by atoms with E-state index in [-0.39, 0.29) is 0 Å². The van der Waals surface area contributed by atoms with E-state index in [4.69, 9.17) is 9.47 Å². The first kappa shape index (κ1) is 23.2. The molecular formula is C34H22O4. The Bertz CT molecular complexity index is 1660. The molecular weight excluding hydrogens is 472 g/mol. The Kier molecular flexibility index (Phi) is 6.12. The van der Waals surface area contributed by atoms with Crippen LogP contribution in [-0.4, -0.2) is 11.9 Å². The van der Waals surface area contributed by atoms with Crippen LogP contribution < -0.4 is 9.47 Å². The van der Waals surface area contributed by atoms with Gasteiger partial charge in [-0.15, -0.1) is 0 Å². The van der Waals surface area contributed by atoms with Crippen LogP contribution in [0.1, 0.15) is 20.7 Å². The maximum atomic E-state index is 13.2. The first-order valence-electron chi connectivity index (χ1n) is 12.3. The van der Waals surface area contributed by atoms with Crippen molar-refractivity contribution < 1.29 is 19.1 Å². The van der Waals surface area contributed by atoms with Crippen LogP contribution in [0, 0.1) is 0 Å². The highest BCUT2D eigenvalue weighted by molar-refractivity contribution is 6.10. The van der Waals surface area contributed by atoms with E-state index < -0.39 is 11.9 Å². The zero-order valence-electron chi connectivity index (χ0n) is 20.3. The van der Waals surface area contributed by atoms with E-state index in [0.29, 0.717) is 22.6 Å². The molecule has 182 valence electrons. The first-order valence-corrected chi connectivity index (χ1v) is 12.3. The molecule has 38 heavy (non-hydrogen) atoms. The summed E-state index contributed by atoms with van der Waals surface area (Å²) in [5.41, 5.74) is 2.50. The summed E-state index contributed by atoms with van der Waals surface area (Å²) in [5.74, 6) is 0.0472. The van der Waals surface area contributed by atoms with Gasteiger partial charge in [0.25, 0.3) is 0 Å². The minimum atomic E-state index is -0.452. The Balaban J connectivity index is 1.50. The van der Waals surface area contributed by atoms with E-state index in [9.17, 15) is 9.59 Å². The molecule has 0 spiro atoms. The molecule has 0 saturated heterocycles. The van der Waals surface area contributed by atoms with E-state index in [1.807, 2.05) is 109 Å². The topological polar surface area (TPSA) is 52.6 Å². The summed E-state index contributed by atoms with van der Waals surface area (Å²) in [6.07, 6.45) is 0. The Morgan fingerprint density at radius 1 is 0.421 bits per heavy atom. The van der Waals surface area contributed by atoms with E-state index in [1.165, 1.54) is 0 Å². The molecule has 0 N–H and O–H groups in total. The maximum absolute atomic E-state index is 13.2. The standard InChI is InChI=1S/C34H22O4/c35-33(37-27-13-3-1-4-14-27)25-19-23-11-7-9-17-29(23)31(21-25)32-22-26(20-24-12-8-10-18-30(24)32)34(36)38-28-15-5-2-6-16-28/h1-22H. The largest absolute Gasteiger partial charge is 0.423 e. The zero-order chi connectivity index (χ0) is 25.9. The van der Waals surface area contributed by atoms with Crippen LogP contribution >= 0.6 is 0 Å². The fourth-order valence-corrected chi connectivity index (χ4v) is 4.61. The van der Waals surface area contributed by atoms with Gasteiger partial charge in [0.05, 0.1) is 11.1 Å². The van der Waals surface area contributed by atoms with Crippen LogP contribution in [0.5, 0.6) is 11.5 Å². The number of hydrogen-bond donors (Lipinski definition) is 0. The van der Waals surface area contributed by atoms with Crippen LogP contribution in [0.4, 0.5) is 0 Å². The summed E-state index contributed by atoms with van der Waals surface area (Å²) in [5, 5.41) is 3.71. The van der Waals surface area contributed by atoms with Crippen molar-refractivity contribution in [2.75, 3.05) is 0 Å². The lowest BCUT2D eigenvalue weighted by Crippen LogP contribution is -2.10. The van der Waals surface area contributed by atoms with Crippen molar-refractivity contribution in [3.8, 4) is 22.6 Å². The lowest BCUT2D eigenvalue weighted by atomic mass is 9.90. The van der Waals surface area contributed by atoms with Crippen molar-refractivity contribution in [3.05, 3.63) is 145 Å². The molecule has 6 rings (SSSR count). The third-order valence-electron chi connectivity index (χ3n) is 6.39. The highest BCUT2D eigenvalue weighted by atomic mass is 16.5. The van der Waals surface area contributed by atoms with Crippen LogP contribution in [-0.2, 0) is 0 Å². The van der Waals surface area contributed by atoms with Gasteiger partial charge >= 0.3 is 11.9 Å². The van der Waals surface area contributed by atoms with Crippen LogP contribution in [0.3, 0.4) is 0 Å². The zero-order valence-corrected chi connectivity index (χ0v) is 20.3. The molecule has 6 aromatic carbocycles.